The first-order valence-electron chi connectivity index (χ1n) is 10.0. The molecular formula is C24H28N2O3. The monoisotopic (exact) mass is 392 g/mol. The lowest BCUT2D eigenvalue weighted by Gasteiger charge is -2.34. The van der Waals surface area contributed by atoms with Gasteiger partial charge in [-0.2, -0.15) is 0 Å². The van der Waals surface area contributed by atoms with E-state index in [2.05, 4.69) is 6.92 Å². The van der Waals surface area contributed by atoms with Gasteiger partial charge in [0.05, 0.1) is 7.11 Å². The number of carbonyl (C=O) groups is 2. The Hall–Kier alpha value is -3.08. The fourth-order valence-corrected chi connectivity index (χ4v) is 3.45. The summed E-state index contributed by atoms with van der Waals surface area (Å²) in [4.78, 5) is 28.8. The predicted molar refractivity (Wildman–Crippen MR) is 115 cm³/mol. The fraction of sp³-hybridized carbons (Fsp3) is 0.333. The molecule has 1 heterocycles. The third-order valence-corrected chi connectivity index (χ3v) is 5.28. The fourth-order valence-electron chi connectivity index (χ4n) is 3.45. The molecule has 1 aliphatic heterocycles. The van der Waals surface area contributed by atoms with Crippen molar-refractivity contribution in [3.05, 3.63) is 70.8 Å². The molecule has 1 fully saturated rings. The number of piperazine rings is 1. The molecule has 0 aromatic heterocycles. The van der Waals surface area contributed by atoms with E-state index in [0.29, 0.717) is 31.7 Å². The molecule has 3 rings (SSSR count). The van der Waals surface area contributed by atoms with Gasteiger partial charge in [-0.25, -0.2) is 0 Å². The van der Waals surface area contributed by atoms with Gasteiger partial charge in [0.1, 0.15) is 5.75 Å². The summed E-state index contributed by atoms with van der Waals surface area (Å²) < 4.78 is 5.35. The Labute approximate surface area is 172 Å². The Morgan fingerprint density at radius 2 is 1.66 bits per heavy atom. The Morgan fingerprint density at radius 3 is 2.28 bits per heavy atom. The molecule has 152 valence electrons. The van der Waals surface area contributed by atoms with Gasteiger partial charge >= 0.3 is 0 Å². The topological polar surface area (TPSA) is 49.9 Å². The molecule has 0 saturated carbocycles. The number of aryl methyl sites for hydroxylation is 2. The largest absolute Gasteiger partial charge is 0.496 e. The number of nitrogens with zero attached hydrogens (tertiary/aromatic N) is 2. The lowest BCUT2D eigenvalue weighted by molar-refractivity contribution is -0.127. The van der Waals surface area contributed by atoms with Crippen LogP contribution in [0.15, 0.2) is 48.5 Å². The van der Waals surface area contributed by atoms with Crippen molar-refractivity contribution < 1.29 is 14.3 Å². The zero-order valence-electron chi connectivity index (χ0n) is 17.4. The Balaban J connectivity index is 1.58. The lowest BCUT2D eigenvalue weighted by atomic mass is 10.1. The maximum absolute atomic E-state index is 12.7. The van der Waals surface area contributed by atoms with Crippen molar-refractivity contribution in [3.63, 3.8) is 0 Å². The van der Waals surface area contributed by atoms with E-state index in [-0.39, 0.29) is 11.8 Å². The van der Waals surface area contributed by atoms with Crippen LogP contribution >= 0.6 is 0 Å². The minimum atomic E-state index is -0.0482. The molecular weight excluding hydrogens is 364 g/mol. The normalized spacial score (nSPS) is 14.3. The van der Waals surface area contributed by atoms with Gasteiger partial charge in [-0.1, -0.05) is 30.7 Å². The number of benzene rings is 2. The molecule has 0 N–H and O–H groups in total. The van der Waals surface area contributed by atoms with Crippen molar-refractivity contribution in [2.45, 2.75) is 20.3 Å². The van der Waals surface area contributed by atoms with Crippen molar-refractivity contribution in [2.75, 3.05) is 33.3 Å². The van der Waals surface area contributed by atoms with Crippen LogP contribution in [0.3, 0.4) is 0 Å². The second kappa shape index (κ2) is 9.41. The molecule has 5 nitrogen and oxygen atoms in total. The van der Waals surface area contributed by atoms with E-state index >= 15 is 0 Å². The summed E-state index contributed by atoms with van der Waals surface area (Å²) in [5, 5.41) is 0. The Kier molecular flexibility index (Phi) is 6.70. The van der Waals surface area contributed by atoms with E-state index in [1.54, 1.807) is 24.2 Å². The quantitative estimate of drug-likeness (QED) is 0.731. The third-order valence-electron chi connectivity index (χ3n) is 5.28. The molecule has 0 radical (unpaired) electrons. The molecule has 29 heavy (non-hydrogen) atoms. The molecule has 1 aliphatic rings. The molecule has 0 aliphatic carbocycles. The summed E-state index contributed by atoms with van der Waals surface area (Å²) in [5.74, 6) is 0.719. The van der Waals surface area contributed by atoms with Crippen LogP contribution in [0.5, 0.6) is 5.75 Å². The summed E-state index contributed by atoms with van der Waals surface area (Å²) >= 11 is 0. The third kappa shape index (κ3) is 5.05. The van der Waals surface area contributed by atoms with Crippen LogP contribution in [-0.4, -0.2) is 54.9 Å². The van der Waals surface area contributed by atoms with Crippen LogP contribution in [0.25, 0.3) is 6.08 Å². The van der Waals surface area contributed by atoms with Crippen LogP contribution in [0, 0.1) is 6.92 Å². The summed E-state index contributed by atoms with van der Waals surface area (Å²) in [6.07, 6.45) is 4.33. The van der Waals surface area contributed by atoms with Crippen LogP contribution in [-0.2, 0) is 11.2 Å². The van der Waals surface area contributed by atoms with Gasteiger partial charge in [-0.05, 0) is 49.2 Å². The standard InChI is InChI=1S/C24H28N2O3/c1-4-19-6-8-20(9-7-19)24(28)26-15-13-25(14-16-26)23(27)12-10-21-17-18(2)5-11-22(21)29-3/h5-12,17H,4,13-16H2,1-3H3/b12-10+. The molecule has 0 spiro atoms. The van der Waals surface area contributed by atoms with E-state index < -0.39 is 0 Å². The van der Waals surface area contributed by atoms with E-state index in [0.717, 1.165) is 23.3 Å². The van der Waals surface area contributed by atoms with E-state index in [9.17, 15) is 9.59 Å². The molecule has 0 unspecified atom stereocenters. The summed E-state index contributed by atoms with van der Waals surface area (Å²) in [5.41, 5.74) is 3.91. The van der Waals surface area contributed by atoms with Crippen molar-refractivity contribution in [2.24, 2.45) is 0 Å². The van der Waals surface area contributed by atoms with Gasteiger partial charge < -0.3 is 14.5 Å². The van der Waals surface area contributed by atoms with Crippen LogP contribution in [0.4, 0.5) is 0 Å². The van der Waals surface area contributed by atoms with Crippen LogP contribution in [0.1, 0.15) is 34.0 Å². The first-order chi connectivity index (χ1) is 14.0. The number of rotatable bonds is 5. The highest BCUT2D eigenvalue weighted by Gasteiger charge is 2.23. The van der Waals surface area contributed by atoms with Crippen molar-refractivity contribution >= 4 is 17.9 Å². The summed E-state index contributed by atoms with van der Waals surface area (Å²) in [6.45, 7) is 6.25. The number of hydrogen-bond donors (Lipinski definition) is 0. The summed E-state index contributed by atoms with van der Waals surface area (Å²) in [7, 11) is 1.62. The van der Waals surface area contributed by atoms with Gasteiger partial charge in [0.15, 0.2) is 0 Å². The number of ether oxygens (including phenoxy) is 1. The van der Waals surface area contributed by atoms with Crippen LogP contribution in [0.2, 0.25) is 0 Å². The molecule has 2 aromatic carbocycles. The van der Waals surface area contributed by atoms with Gasteiger partial charge in [0.25, 0.3) is 5.91 Å². The first kappa shape index (κ1) is 20.6. The molecule has 0 atom stereocenters. The van der Waals surface area contributed by atoms with Gasteiger partial charge in [0.2, 0.25) is 5.91 Å². The van der Waals surface area contributed by atoms with Crippen LogP contribution < -0.4 is 4.74 Å². The molecule has 1 saturated heterocycles. The summed E-state index contributed by atoms with van der Waals surface area (Å²) in [6, 6.07) is 13.6. The van der Waals surface area contributed by atoms with E-state index in [1.807, 2.05) is 54.3 Å². The predicted octanol–water partition coefficient (Wildman–Crippen LogP) is 3.56. The first-order valence-corrected chi connectivity index (χ1v) is 10.0. The minimum Gasteiger partial charge on any atom is -0.496 e. The zero-order chi connectivity index (χ0) is 20.8. The Morgan fingerprint density at radius 1 is 1.00 bits per heavy atom. The number of carbonyl (C=O) groups excluding carboxylic acids is 2. The highest BCUT2D eigenvalue weighted by molar-refractivity contribution is 5.95. The average molecular weight is 392 g/mol. The van der Waals surface area contributed by atoms with Gasteiger partial charge in [-0.15, -0.1) is 0 Å². The Bertz CT molecular complexity index is 895. The van der Waals surface area contributed by atoms with Crippen molar-refractivity contribution in [1.29, 1.82) is 0 Å². The molecule has 5 heteroatoms. The van der Waals surface area contributed by atoms with E-state index in [1.165, 1.54) is 5.56 Å². The second-order valence-corrected chi connectivity index (χ2v) is 7.25. The maximum atomic E-state index is 12.7. The number of hydrogen-bond acceptors (Lipinski definition) is 3. The molecule has 2 amide bonds. The molecule has 2 aromatic rings. The van der Waals surface area contributed by atoms with E-state index in [4.69, 9.17) is 4.74 Å². The smallest absolute Gasteiger partial charge is 0.253 e. The van der Waals surface area contributed by atoms with Gasteiger partial charge in [0, 0.05) is 43.4 Å². The second-order valence-electron chi connectivity index (χ2n) is 7.25. The highest BCUT2D eigenvalue weighted by atomic mass is 16.5. The van der Waals surface area contributed by atoms with Crippen molar-refractivity contribution in [1.82, 2.24) is 9.80 Å². The average Bonchev–Trinajstić information content (AvgIpc) is 2.77. The zero-order valence-corrected chi connectivity index (χ0v) is 17.4. The molecule has 0 bridgehead atoms. The van der Waals surface area contributed by atoms with Gasteiger partial charge in [-0.3, -0.25) is 9.59 Å². The van der Waals surface area contributed by atoms with Crippen molar-refractivity contribution in [3.8, 4) is 5.75 Å². The minimum absolute atomic E-state index is 0.0276. The maximum Gasteiger partial charge on any atom is 0.253 e. The number of amides is 2. The highest BCUT2D eigenvalue weighted by Crippen LogP contribution is 2.21. The number of methoxy groups -OCH3 is 1. The SMILES string of the molecule is CCc1ccc(C(=O)N2CCN(C(=O)/C=C/c3cc(C)ccc3OC)CC2)cc1. The lowest BCUT2D eigenvalue weighted by Crippen LogP contribution is -2.50.